The van der Waals surface area contributed by atoms with E-state index in [4.69, 9.17) is 20.8 Å². The number of carbonyl (C=O) groups is 3. The first-order valence-electron chi connectivity index (χ1n) is 16.2. The van der Waals surface area contributed by atoms with Crippen LogP contribution < -0.4 is 20.7 Å². The van der Waals surface area contributed by atoms with E-state index < -0.39 is 23.9 Å². The third-order valence-electron chi connectivity index (χ3n) is 8.31. The molecule has 12 nitrogen and oxygen atoms in total. The SMILES string of the molecule is Cc1occc1NC(=O)N1CCC(CCOc2ccc3cc2CCc2cncc(c2)Nc2ncc(Cl)c(n2)N3)CC1.O=C(C(=O)C(F)(F)F)C(F)(F)F. The molecule has 1 saturated heterocycles. The summed E-state index contributed by atoms with van der Waals surface area (Å²) in [6, 6.07) is 9.83. The molecule has 0 atom stereocenters. The van der Waals surface area contributed by atoms with Gasteiger partial charge in [0.15, 0.2) is 5.82 Å². The second-order valence-electron chi connectivity index (χ2n) is 12.1. The average Bonchev–Trinajstić information content (AvgIpc) is 3.52. The van der Waals surface area contributed by atoms with Crippen molar-refractivity contribution in [3.63, 3.8) is 0 Å². The Morgan fingerprint density at radius 3 is 2.34 bits per heavy atom. The minimum atomic E-state index is -5.77. The third-order valence-corrected chi connectivity index (χ3v) is 8.58. The molecule has 6 bridgehead atoms. The molecule has 6 rings (SSSR count). The minimum absolute atomic E-state index is 0.0751. The number of nitrogens with one attached hydrogen (secondary N) is 3. The number of piperidine rings is 1. The highest BCUT2D eigenvalue weighted by molar-refractivity contribution is 6.41. The molecule has 1 aromatic carbocycles. The van der Waals surface area contributed by atoms with Crippen LogP contribution in [0.5, 0.6) is 5.75 Å². The molecule has 19 heteroatoms. The van der Waals surface area contributed by atoms with Gasteiger partial charge >= 0.3 is 30.0 Å². The number of fused-ring (bicyclic) bond motifs is 6. The van der Waals surface area contributed by atoms with Gasteiger partial charge in [-0.25, -0.2) is 9.78 Å². The number of benzene rings is 1. The Labute approximate surface area is 303 Å². The standard InChI is InChI=1S/C30H32ClN7O3.C4F6O2/c1-19-26(9-13-40-19)36-30(39)38-10-6-20(7-11-38)8-12-41-27-5-4-23-15-22(27)3-2-21-14-24(17-32-16-21)35-29-33-18-25(31)28(34-23)37-29;5-3(6,7)1(11)2(12)4(8,9)10/h4-5,9,13-18,20H,2-3,6-8,10-12H2,1H3,(H,36,39)(H2,33,34,35,37);. The normalized spacial score (nSPS) is 14.5. The van der Waals surface area contributed by atoms with Crippen LogP contribution in [0.1, 0.15) is 36.1 Å². The highest BCUT2D eigenvalue weighted by Crippen LogP contribution is 2.31. The maximum Gasteiger partial charge on any atom is 0.458 e. The number of likely N-dealkylation sites (tertiary alicyclic amines) is 1. The van der Waals surface area contributed by atoms with Crippen LogP contribution in [0, 0.1) is 12.8 Å². The molecule has 1 fully saturated rings. The number of alkyl halides is 6. The van der Waals surface area contributed by atoms with Gasteiger partial charge < -0.3 is 30.0 Å². The number of urea groups is 1. The van der Waals surface area contributed by atoms with E-state index in [-0.39, 0.29) is 6.03 Å². The number of furan rings is 1. The van der Waals surface area contributed by atoms with Crippen molar-refractivity contribution in [1.82, 2.24) is 19.9 Å². The highest BCUT2D eigenvalue weighted by atomic mass is 35.5. The molecule has 0 radical (unpaired) electrons. The van der Waals surface area contributed by atoms with E-state index in [0.29, 0.717) is 35.1 Å². The zero-order valence-corrected chi connectivity index (χ0v) is 28.7. The number of halogens is 7. The highest BCUT2D eigenvalue weighted by Gasteiger charge is 2.54. The number of carbonyl (C=O) groups excluding carboxylic acids is 3. The molecule has 3 N–H and O–H groups in total. The summed E-state index contributed by atoms with van der Waals surface area (Å²) < 4.78 is 78.6. The number of ketones is 2. The predicted octanol–water partition coefficient (Wildman–Crippen LogP) is 7.97. The molecule has 4 aromatic rings. The van der Waals surface area contributed by atoms with Crippen molar-refractivity contribution in [3.8, 4) is 5.75 Å². The average molecular weight is 768 g/mol. The van der Waals surface area contributed by atoms with Crippen LogP contribution in [0.25, 0.3) is 0 Å². The van der Waals surface area contributed by atoms with E-state index in [1.54, 1.807) is 24.7 Å². The Kier molecular flexibility index (Phi) is 12.1. The van der Waals surface area contributed by atoms with Crippen LogP contribution in [0.2, 0.25) is 5.02 Å². The summed E-state index contributed by atoms with van der Waals surface area (Å²) in [6.07, 6.45) is -0.314. The summed E-state index contributed by atoms with van der Waals surface area (Å²) in [4.78, 5) is 47.0. The summed E-state index contributed by atoms with van der Waals surface area (Å²) in [7, 11) is 0. The van der Waals surface area contributed by atoms with Gasteiger partial charge in [0.25, 0.3) is 0 Å². The van der Waals surface area contributed by atoms with Crippen molar-refractivity contribution in [1.29, 1.82) is 0 Å². The second kappa shape index (κ2) is 16.5. The van der Waals surface area contributed by atoms with Gasteiger partial charge in [-0.3, -0.25) is 14.6 Å². The zero-order chi connectivity index (χ0) is 38.3. The van der Waals surface area contributed by atoms with Crippen molar-refractivity contribution in [3.05, 3.63) is 77.1 Å². The number of hydrogen-bond acceptors (Lipinski definition) is 10. The number of aryl methyl sites for hydroxylation is 3. The van der Waals surface area contributed by atoms with Crippen molar-refractivity contribution in [2.24, 2.45) is 5.92 Å². The fraction of sp³-hybridized carbons (Fsp3) is 0.353. The lowest BCUT2D eigenvalue weighted by molar-refractivity contribution is -0.193. The Hall–Kier alpha value is -5.39. The van der Waals surface area contributed by atoms with E-state index in [1.807, 2.05) is 30.2 Å². The predicted molar refractivity (Wildman–Crippen MR) is 181 cm³/mol. The van der Waals surface area contributed by atoms with Gasteiger partial charge in [0.2, 0.25) is 5.95 Å². The summed E-state index contributed by atoms with van der Waals surface area (Å²) in [6.45, 7) is 3.92. The van der Waals surface area contributed by atoms with E-state index >= 15 is 0 Å². The van der Waals surface area contributed by atoms with Crippen LogP contribution in [0.15, 0.2) is 59.6 Å². The molecule has 0 saturated carbocycles. The van der Waals surface area contributed by atoms with Crippen LogP contribution >= 0.6 is 11.6 Å². The molecule has 282 valence electrons. The summed E-state index contributed by atoms with van der Waals surface area (Å²) in [5.41, 5.74) is 4.61. The van der Waals surface area contributed by atoms with Gasteiger partial charge in [-0.2, -0.15) is 31.3 Å². The number of hydrogen-bond donors (Lipinski definition) is 3. The first kappa shape index (κ1) is 38.8. The molecule has 2 amide bonds. The lowest BCUT2D eigenvalue weighted by atomic mass is 9.94. The Balaban J connectivity index is 0.000000390. The van der Waals surface area contributed by atoms with Gasteiger partial charge in [0.1, 0.15) is 16.5 Å². The molecule has 2 aliphatic heterocycles. The number of aromatic nitrogens is 3. The molecule has 2 aliphatic rings. The molecule has 3 aromatic heterocycles. The summed E-state index contributed by atoms with van der Waals surface area (Å²) in [5.74, 6) is -3.76. The second-order valence-corrected chi connectivity index (χ2v) is 12.5. The lowest BCUT2D eigenvalue weighted by Gasteiger charge is -2.32. The number of Topliss-reactive ketones (excluding diaryl/α,β-unsaturated/α-hetero) is 2. The van der Waals surface area contributed by atoms with E-state index in [1.165, 1.54) is 0 Å². The van der Waals surface area contributed by atoms with Crippen molar-refractivity contribution in [2.45, 2.75) is 51.4 Å². The first-order valence-corrected chi connectivity index (χ1v) is 16.5. The topological polar surface area (TPSA) is 152 Å². The Morgan fingerprint density at radius 1 is 0.962 bits per heavy atom. The smallest absolute Gasteiger partial charge is 0.458 e. The maximum atomic E-state index is 12.6. The van der Waals surface area contributed by atoms with Gasteiger partial charge in [0, 0.05) is 31.0 Å². The van der Waals surface area contributed by atoms with Crippen LogP contribution in [-0.2, 0) is 22.4 Å². The fourth-order valence-electron chi connectivity index (χ4n) is 5.47. The van der Waals surface area contributed by atoms with Crippen LogP contribution in [-0.4, -0.2) is 69.5 Å². The van der Waals surface area contributed by atoms with E-state index in [2.05, 4.69) is 43.0 Å². The number of pyridine rings is 1. The number of rotatable bonds is 6. The van der Waals surface area contributed by atoms with E-state index in [9.17, 15) is 40.7 Å². The molecule has 0 aliphatic carbocycles. The Bertz CT molecular complexity index is 1920. The third kappa shape index (κ3) is 10.6. The fourth-order valence-corrected chi connectivity index (χ4v) is 5.61. The molecule has 0 spiro atoms. The van der Waals surface area contributed by atoms with Crippen LogP contribution in [0.3, 0.4) is 0 Å². The summed E-state index contributed by atoms with van der Waals surface area (Å²) in [5, 5.41) is 9.91. The summed E-state index contributed by atoms with van der Waals surface area (Å²) >= 11 is 6.39. The van der Waals surface area contributed by atoms with E-state index in [0.717, 1.165) is 79.1 Å². The largest absolute Gasteiger partial charge is 0.493 e. The zero-order valence-electron chi connectivity index (χ0n) is 27.9. The number of nitrogens with zero attached hydrogens (tertiary/aromatic N) is 4. The van der Waals surface area contributed by atoms with Gasteiger partial charge in [-0.05, 0) is 80.3 Å². The lowest BCUT2D eigenvalue weighted by Crippen LogP contribution is -2.41. The van der Waals surface area contributed by atoms with Gasteiger partial charge in [-0.15, -0.1) is 0 Å². The van der Waals surface area contributed by atoms with Crippen LogP contribution in [0.4, 0.5) is 60.0 Å². The quantitative estimate of drug-likeness (QED) is 0.130. The molecule has 0 unspecified atom stereocenters. The molecular weight excluding hydrogens is 736 g/mol. The van der Waals surface area contributed by atoms with Gasteiger partial charge in [-0.1, -0.05) is 11.6 Å². The van der Waals surface area contributed by atoms with Crippen molar-refractivity contribution in [2.75, 3.05) is 35.6 Å². The van der Waals surface area contributed by atoms with Gasteiger partial charge in [0.05, 0.1) is 36.6 Å². The van der Waals surface area contributed by atoms with Crippen molar-refractivity contribution < 1.29 is 49.9 Å². The number of anilines is 5. The van der Waals surface area contributed by atoms with Crippen molar-refractivity contribution >= 4 is 58.0 Å². The molecular formula is C34H32ClF6N7O5. The maximum absolute atomic E-state index is 12.6. The monoisotopic (exact) mass is 767 g/mol. The number of ether oxygens (including phenoxy) is 1. The molecule has 53 heavy (non-hydrogen) atoms. The minimum Gasteiger partial charge on any atom is -0.493 e. The number of amides is 2. The molecule has 5 heterocycles. The Morgan fingerprint density at radius 2 is 1.68 bits per heavy atom. The first-order chi connectivity index (χ1) is 25.1.